The van der Waals surface area contributed by atoms with Gasteiger partial charge in [-0.05, 0) is 24.0 Å². The smallest absolute Gasteiger partial charge is 0.319 e. The fourth-order valence-electron chi connectivity index (χ4n) is 2.51. The first-order valence-electron chi connectivity index (χ1n) is 6.31. The minimum Gasteiger partial charge on any atom is -0.480 e. The third-order valence-corrected chi connectivity index (χ3v) is 3.51. The summed E-state index contributed by atoms with van der Waals surface area (Å²) >= 11 is 0. The summed E-state index contributed by atoms with van der Waals surface area (Å²) in [5, 5.41) is 9.73. The summed E-state index contributed by atoms with van der Waals surface area (Å²) in [7, 11) is 0. The average Bonchev–Trinajstić information content (AvgIpc) is 2.46. The van der Waals surface area contributed by atoms with Gasteiger partial charge in [0.1, 0.15) is 11.7 Å². The molecule has 0 saturated heterocycles. The monoisotopic (exact) mass is 256 g/mol. The molecule has 0 aromatic heterocycles. The maximum absolute atomic E-state index is 11.9. The van der Waals surface area contributed by atoms with E-state index in [1.54, 1.807) is 24.3 Å². The standard InChI is InChI=1S/C16H16O3/c17-12-11-16(15(18)19,13-7-3-1-4-8-13)14-9-5-2-6-10-14/h1,3-5,7-10,12H,2,6,11H2,(H,18,19). The second kappa shape index (κ2) is 5.65. The van der Waals surface area contributed by atoms with Gasteiger partial charge in [0.15, 0.2) is 0 Å². The molecule has 0 fully saturated rings. The van der Waals surface area contributed by atoms with Gasteiger partial charge in [0.25, 0.3) is 0 Å². The normalized spacial score (nSPS) is 17.4. The summed E-state index contributed by atoms with van der Waals surface area (Å²) in [6.07, 6.45) is 8.06. The molecule has 2 rings (SSSR count). The van der Waals surface area contributed by atoms with Crippen LogP contribution in [0, 0.1) is 0 Å². The minimum absolute atomic E-state index is 0.0531. The van der Waals surface area contributed by atoms with Gasteiger partial charge >= 0.3 is 5.97 Å². The van der Waals surface area contributed by atoms with Crippen LogP contribution in [0.25, 0.3) is 0 Å². The Kier molecular flexibility index (Phi) is 3.95. The van der Waals surface area contributed by atoms with Crippen molar-refractivity contribution in [1.82, 2.24) is 0 Å². The molecule has 0 saturated carbocycles. The minimum atomic E-state index is -1.26. The van der Waals surface area contributed by atoms with Crippen LogP contribution >= 0.6 is 0 Å². The lowest BCUT2D eigenvalue weighted by atomic mass is 9.70. The quantitative estimate of drug-likeness (QED) is 0.824. The van der Waals surface area contributed by atoms with E-state index in [1.165, 1.54) is 0 Å². The number of carbonyl (C=O) groups excluding carboxylic acids is 1. The van der Waals surface area contributed by atoms with Gasteiger partial charge in [-0.25, -0.2) is 0 Å². The van der Waals surface area contributed by atoms with Crippen molar-refractivity contribution < 1.29 is 14.7 Å². The Balaban J connectivity index is 2.60. The lowest BCUT2D eigenvalue weighted by Crippen LogP contribution is -2.38. The first kappa shape index (κ1) is 13.3. The van der Waals surface area contributed by atoms with Crippen LogP contribution in [0.4, 0.5) is 0 Å². The lowest BCUT2D eigenvalue weighted by Gasteiger charge is -2.30. The van der Waals surface area contributed by atoms with Crippen molar-refractivity contribution in [2.75, 3.05) is 0 Å². The molecule has 1 aliphatic rings. The molecule has 1 aliphatic carbocycles. The van der Waals surface area contributed by atoms with Crippen molar-refractivity contribution in [2.45, 2.75) is 24.7 Å². The molecule has 0 heterocycles. The van der Waals surface area contributed by atoms with E-state index in [9.17, 15) is 14.7 Å². The van der Waals surface area contributed by atoms with Crippen LogP contribution in [-0.2, 0) is 15.0 Å². The second-order valence-corrected chi connectivity index (χ2v) is 4.59. The average molecular weight is 256 g/mol. The molecule has 0 bridgehead atoms. The molecule has 1 aromatic rings. The number of aldehydes is 1. The van der Waals surface area contributed by atoms with Crippen molar-refractivity contribution in [3.05, 3.63) is 59.7 Å². The van der Waals surface area contributed by atoms with E-state index in [4.69, 9.17) is 0 Å². The van der Waals surface area contributed by atoms with Gasteiger partial charge in [0.05, 0.1) is 0 Å². The van der Waals surface area contributed by atoms with E-state index < -0.39 is 11.4 Å². The summed E-state index contributed by atoms with van der Waals surface area (Å²) in [6, 6.07) is 8.96. The predicted molar refractivity (Wildman–Crippen MR) is 72.9 cm³/mol. The topological polar surface area (TPSA) is 54.4 Å². The molecule has 1 atom stereocenters. The highest BCUT2D eigenvalue weighted by atomic mass is 16.4. The van der Waals surface area contributed by atoms with Gasteiger partial charge in [-0.1, -0.05) is 48.6 Å². The van der Waals surface area contributed by atoms with Crippen LogP contribution < -0.4 is 0 Å². The van der Waals surface area contributed by atoms with Crippen molar-refractivity contribution in [1.29, 1.82) is 0 Å². The molecule has 1 N–H and O–H groups in total. The second-order valence-electron chi connectivity index (χ2n) is 4.59. The highest BCUT2D eigenvalue weighted by Gasteiger charge is 2.42. The van der Waals surface area contributed by atoms with Crippen LogP contribution in [0.5, 0.6) is 0 Å². The Morgan fingerprint density at radius 3 is 2.53 bits per heavy atom. The van der Waals surface area contributed by atoms with Gasteiger partial charge in [0.2, 0.25) is 0 Å². The molecule has 3 nitrogen and oxygen atoms in total. The zero-order chi connectivity index (χ0) is 13.7. The SMILES string of the molecule is O=CCC(C(=O)O)(C1=CCCC=C1)c1ccccc1. The summed E-state index contributed by atoms with van der Waals surface area (Å²) in [5.41, 5.74) is 0.0804. The molecule has 0 amide bonds. The number of carbonyl (C=O) groups is 2. The third-order valence-electron chi connectivity index (χ3n) is 3.51. The number of rotatable bonds is 5. The summed E-state index contributed by atoms with van der Waals surface area (Å²) in [6.45, 7) is 0. The largest absolute Gasteiger partial charge is 0.480 e. The first-order valence-corrected chi connectivity index (χ1v) is 6.31. The fraction of sp³-hybridized carbons (Fsp3) is 0.250. The molecule has 0 aliphatic heterocycles. The lowest BCUT2D eigenvalue weighted by molar-refractivity contribution is -0.143. The van der Waals surface area contributed by atoms with Crippen LogP contribution in [0.1, 0.15) is 24.8 Å². The maximum Gasteiger partial charge on any atom is 0.319 e. The van der Waals surface area contributed by atoms with Gasteiger partial charge in [0, 0.05) is 6.42 Å². The third kappa shape index (κ3) is 2.36. The Labute approximate surface area is 112 Å². The van der Waals surface area contributed by atoms with Crippen LogP contribution in [-0.4, -0.2) is 17.4 Å². The number of hydrogen-bond acceptors (Lipinski definition) is 2. The predicted octanol–water partition coefficient (Wildman–Crippen LogP) is 2.87. The molecule has 1 aromatic carbocycles. The van der Waals surface area contributed by atoms with E-state index in [1.807, 2.05) is 24.3 Å². The van der Waals surface area contributed by atoms with Gasteiger partial charge in [-0.2, -0.15) is 0 Å². The van der Waals surface area contributed by atoms with E-state index in [0.29, 0.717) is 17.4 Å². The molecule has 0 radical (unpaired) electrons. The number of hydrogen-bond donors (Lipinski definition) is 1. The fourth-order valence-corrected chi connectivity index (χ4v) is 2.51. The molecular weight excluding hydrogens is 240 g/mol. The molecule has 1 unspecified atom stereocenters. The number of carboxylic acids is 1. The van der Waals surface area contributed by atoms with Crippen molar-refractivity contribution in [2.24, 2.45) is 0 Å². The van der Waals surface area contributed by atoms with Crippen molar-refractivity contribution in [3.8, 4) is 0 Å². The maximum atomic E-state index is 11.9. The zero-order valence-electron chi connectivity index (χ0n) is 10.6. The number of allylic oxidation sites excluding steroid dienone is 3. The molecule has 19 heavy (non-hydrogen) atoms. The Bertz CT molecular complexity index is 528. The number of benzene rings is 1. The number of aliphatic carboxylic acids is 1. The van der Waals surface area contributed by atoms with Gasteiger partial charge < -0.3 is 9.90 Å². The zero-order valence-corrected chi connectivity index (χ0v) is 10.6. The van der Waals surface area contributed by atoms with E-state index in [0.717, 1.165) is 12.8 Å². The van der Waals surface area contributed by atoms with Gasteiger partial charge in [-0.3, -0.25) is 4.79 Å². The Morgan fingerprint density at radius 2 is 2.00 bits per heavy atom. The van der Waals surface area contributed by atoms with E-state index in [2.05, 4.69) is 0 Å². The van der Waals surface area contributed by atoms with Crippen molar-refractivity contribution in [3.63, 3.8) is 0 Å². The molecule has 3 heteroatoms. The highest BCUT2D eigenvalue weighted by molar-refractivity contribution is 5.89. The first-order chi connectivity index (χ1) is 9.21. The Morgan fingerprint density at radius 1 is 1.26 bits per heavy atom. The Hall–Kier alpha value is -2.16. The highest BCUT2D eigenvalue weighted by Crippen LogP contribution is 2.38. The van der Waals surface area contributed by atoms with Crippen LogP contribution in [0.15, 0.2) is 54.1 Å². The van der Waals surface area contributed by atoms with Gasteiger partial charge in [-0.15, -0.1) is 0 Å². The summed E-state index contributed by atoms with van der Waals surface area (Å²) < 4.78 is 0. The molecule has 98 valence electrons. The van der Waals surface area contributed by atoms with Crippen LogP contribution in [0.3, 0.4) is 0 Å². The van der Waals surface area contributed by atoms with E-state index in [-0.39, 0.29) is 6.42 Å². The van der Waals surface area contributed by atoms with Crippen LogP contribution in [0.2, 0.25) is 0 Å². The number of carboxylic acid groups (broad SMARTS) is 1. The summed E-state index contributed by atoms with van der Waals surface area (Å²) in [4.78, 5) is 22.9. The molecular formula is C16H16O3. The van der Waals surface area contributed by atoms with Crippen molar-refractivity contribution >= 4 is 12.3 Å². The molecule has 0 spiro atoms. The summed E-state index contributed by atoms with van der Waals surface area (Å²) in [5.74, 6) is -0.983. The van der Waals surface area contributed by atoms with E-state index >= 15 is 0 Å².